The number of aromatic nitrogens is 2. The van der Waals surface area contributed by atoms with Crippen LogP contribution in [0.4, 0.5) is 5.82 Å². The van der Waals surface area contributed by atoms with Crippen molar-refractivity contribution < 1.29 is 0 Å². The third-order valence-electron chi connectivity index (χ3n) is 2.80. The molecule has 0 aliphatic heterocycles. The van der Waals surface area contributed by atoms with Crippen LogP contribution < -0.4 is 5.32 Å². The molecule has 0 spiro atoms. The molecule has 3 nitrogen and oxygen atoms in total. The largest absolute Gasteiger partial charge is 0.370 e. The first kappa shape index (κ1) is 16.1. The Morgan fingerprint density at radius 3 is 2.71 bits per heavy atom. The lowest BCUT2D eigenvalue weighted by atomic mass is 10.3. The predicted molar refractivity (Wildman–Crippen MR) is 90.4 cm³/mol. The Balaban J connectivity index is 2.22. The molecule has 0 aliphatic carbocycles. The molecule has 0 aliphatic rings. The minimum Gasteiger partial charge on any atom is -0.370 e. The Morgan fingerprint density at radius 1 is 1.14 bits per heavy atom. The van der Waals surface area contributed by atoms with Crippen LogP contribution in [0.15, 0.2) is 40.3 Å². The molecule has 2 aromatic rings. The van der Waals surface area contributed by atoms with Crippen LogP contribution in [-0.2, 0) is 6.42 Å². The fourth-order valence-corrected chi connectivity index (χ4v) is 3.01. The minimum atomic E-state index is 0.743. The van der Waals surface area contributed by atoms with Crippen molar-refractivity contribution in [3.8, 4) is 0 Å². The molecule has 1 aromatic heterocycles. The zero-order chi connectivity index (χ0) is 15.1. The van der Waals surface area contributed by atoms with E-state index in [0.717, 1.165) is 52.4 Å². The third-order valence-corrected chi connectivity index (χ3v) is 3.94. The molecule has 0 unspecified atom stereocenters. The van der Waals surface area contributed by atoms with E-state index in [9.17, 15) is 0 Å². The quantitative estimate of drug-likeness (QED) is 0.724. The monoisotopic (exact) mass is 321 g/mol. The topological polar surface area (TPSA) is 37.8 Å². The van der Waals surface area contributed by atoms with Crippen molar-refractivity contribution in [2.75, 3.05) is 11.9 Å². The van der Waals surface area contributed by atoms with Gasteiger partial charge in [-0.15, -0.1) is 0 Å². The second-order valence-electron chi connectivity index (χ2n) is 4.74. The molecule has 0 fully saturated rings. The molecule has 1 heterocycles. The highest BCUT2D eigenvalue weighted by molar-refractivity contribution is 7.99. The van der Waals surface area contributed by atoms with E-state index in [2.05, 4.69) is 29.1 Å². The maximum absolute atomic E-state index is 6.03. The summed E-state index contributed by atoms with van der Waals surface area (Å²) in [7, 11) is 0. The van der Waals surface area contributed by atoms with Crippen molar-refractivity contribution in [1.29, 1.82) is 0 Å². The van der Waals surface area contributed by atoms with Gasteiger partial charge in [0.1, 0.15) is 16.7 Å². The van der Waals surface area contributed by atoms with E-state index in [1.165, 1.54) is 0 Å². The lowest BCUT2D eigenvalue weighted by Crippen LogP contribution is -2.05. The van der Waals surface area contributed by atoms with E-state index in [4.69, 9.17) is 11.6 Å². The van der Waals surface area contributed by atoms with E-state index in [1.807, 2.05) is 30.3 Å². The molecule has 0 atom stereocenters. The molecule has 1 aromatic carbocycles. The van der Waals surface area contributed by atoms with Crippen LogP contribution in [0, 0.1) is 0 Å². The highest BCUT2D eigenvalue weighted by Gasteiger charge is 2.06. The fraction of sp³-hybridized carbons (Fsp3) is 0.375. The van der Waals surface area contributed by atoms with Gasteiger partial charge >= 0.3 is 0 Å². The molecule has 0 bridgehead atoms. The highest BCUT2D eigenvalue weighted by atomic mass is 35.5. The van der Waals surface area contributed by atoms with Crippen molar-refractivity contribution in [3.63, 3.8) is 0 Å². The second kappa shape index (κ2) is 8.25. The average molecular weight is 322 g/mol. The summed E-state index contributed by atoms with van der Waals surface area (Å²) in [6, 6.07) is 9.82. The second-order valence-corrected chi connectivity index (χ2v) is 6.27. The van der Waals surface area contributed by atoms with Gasteiger partial charge in [-0.1, -0.05) is 43.3 Å². The summed E-state index contributed by atoms with van der Waals surface area (Å²) in [5.41, 5.74) is 0. The summed E-state index contributed by atoms with van der Waals surface area (Å²) >= 11 is 7.65. The number of aryl methyl sites for hydroxylation is 1. The molecule has 1 N–H and O–H groups in total. The van der Waals surface area contributed by atoms with E-state index >= 15 is 0 Å². The minimum absolute atomic E-state index is 0.743. The third kappa shape index (κ3) is 5.21. The van der Waals surface area contributed by atoms with Gasteiger partial charge in [-0.25, -0.2) is 9.97 Å². The van der Waals surface area contributed by atoms with Gasteiger partial charge in [0.15, 0.2) is 0 Å². The Labute approximate surface area is 135 Å². The zero-order valence-electron chi connectivity index (χ0n) is 12.4. The summed E-state index contributed by atoms with van der Waals surface area (Å²) in [5.74, 6) is 1.79. The molecule has 0 saturated carbocycles. The number of halogens is 1. The van der Waals surface area contributed by atoms with Gasteiger partial charge in [0.2, 0.25) is 0 Å². The van der Waals surface area contributed by atoms with Gasteiger partial charge in [-0.3, -0.25) is 0 Å². The SMILES string of the molecule is CCCNc1cc(Sc2cccc(Cl)c2)nc(CCC)n1. The first-order chi connectivity index (χ1) is 10.2. The zero-order valence-corrected chi connectivity index (χ0v) is 14.0. The van der Waals surface area contributed by atoms with Crippen LogP contribution in [-0.4, -0.2) is 16.5 Å². The molecule has 0 amide bonds. The number of benzene rings is 1. The normalized spacial score (nSPS) is 10.6. The van der Waals surface area contributed by atoms with Gasteiger partial charge in [0.05, 0.1) is 0 Å². The van der Waals surface area contributed by atoms with E-state index in [1.54, 1.807) is 11.8 Å². The smallest absolute Gasteiger partial charge is 0.132 e. The Hall–Kier alpha value is -1.26. The first-order valence-corrected chi connectivity index (χ1v) is 8.46. The Bertz CT molecular complexity index is 589. The number of nitrogens with zero attached hydrogens (tertiary/aromatic N) is 2. The number of anilines is 1. The average Bonchev–Trinajstić information content (AvgIpc) is 2.45. The highest BCUT2D eigenvalue weighted by Crippen LogP contribution is 2.29. The number of hydrogen-bond acceptors (Lipinski definition) is 4. The summed E-state index contributed by atoms with van der Waals surface area (Å²) in [5, 5.41) is 5.04. The van der Waals surface area contributed by atoms with E-state index < -0.39 is 0 Å². The molecule has 0 saturated heterocycles. The fourth-order valence-electron chi connectivity index (χ4n) is 1.86. The summed E-state index contributed by atoms with van der Waals surface area (Å²) in [4.78, 5) is 10.3. The van der Waals surface area contributed by atoms with Gasteiger partial charge in [0, 0.05) is 29.0 Å². The van der Waals surface area contributed by atoms with Gasteiger partial charge in [-0.05, 0) is 31.0 Å². The molecule has 112 valence electrons. The number of nitrogens with one attached hydrogen (secondary N) is 1. The Kier molecular flexibility index (Phi) is 6.33. The van der Waals surface area contributed by atoms with Crippen molar-refractivity contribution in [2.24, 2.45) is 0 Å². The summed E-state index contributed by atoms with van der Waals surface area (Å²) in [6.45, 7) is 5.20. The van der Waals surface area contributed by atoms with Crippen LogP contribution in [0.1, 0.15) is 32.5 Å². The summed E-state index contributed by atoms with van der Waals surface area (Å²) < 4.78 is 0. The standard InChI is InChI=1S/C16H20ClN3S/c1-3-6-14-19-15(18-9-4-2)11-16(20-14)21-13-8-5-7-12(17)10-13/h5,7-8,10-11H,3-4,6,9H2,1-2H3,(H,18,19,20). The van der Waals surface area contributed by atoms with Crippen LogP contribution in [0.5, 0.6) is 0 Å². The van der Waals surface area contributed by atoms with Gasteiger partial charge < -0.3 is 5.32 Å². The van der Waals surface area contributed by atoms with Gasteiger partial charge in [0.25, 0.3) is 0 Å². The lowest BCUT2D eigenvalue weighted by molar-refractivity contribution is 0.807. The molecular weight excluding hydrogens is 302 g/mol. The van der Waals surface area contributed by atoms with Crippen LogP contribution in [0.2, 0.25) is 5.02 Å². The van der Waals surface area contributed by atoms with Crippen molar-refractivity contribution in [2.45, 2.75) is 43.0 Å². The van der Waals surface area contributed by atoms with Crippen LogP contribution in [0.3, 0.4) is 0 Å². The maximum Gasteiger partial charge on any atom is 0.132 e. The molecule has 21 heavy (non-hydrogen) atoms. The lowest BCUT2D eigenvalue weighted by Gasteiger charge is -2.09. The van der Waals surface area contributed by atoms with E-state index in [0.29, 0.717) is 0 Å². The van der Waals surface area contributed by atoms with Crippen LogP contribution >= 0.6 is 23.4 Å². The van der Waals surface area contributed by atoms with Crippen molar-refractivity contribution in [1.82, 2.24) is 9.97 Å². The van der Waals surface area contributed by atoms with Crippen LogP contribution in [0.25, 0.3) is 0 Å². The number of hydrogen-bond donors (Lipinski definition) is 1. The maximum atomic E-state index is 6.03. The molecule has 0 radical (unpaired) electrons. The number of rotatable bonds is 7. The van der Waals surface area contributed by atoms with Gasteiger partial charge in [-0.2, -0.15) is 0 Å². The Morgan fingerprint density at radius 2 is 2.00 bits per heavy atom. The molecule has 2 rings (SSSR count). The molecule has 5 heteroatoms. The van der Waals surface area contributed by atoms with Crippen molar-refractivity contribution in [3.05, 3.63) is 41.2 Å². The molecular formula is C16H20ClN3S. The van der Waals surface area contributed by atoms with E-state index in [-0.39, 0.29) is 0 Å². The van der Waals surface area contributed by atoms with Crippen molar-refractivity contribution >= 4 is 29.2 Å². The predicted octanol–water partition coefficient (Wildman–Crippen LogP) is 5.06. The summed E-state index contributed by atoms with van der Waals surface area (Å²) in [6.07, 6.45) is 3.01. The first-order valence-electron chi connectivity index (χ1n) is 7.26.